The number of aromatic amines is 1. The zero-order valence-corrected chi connectivity index (χ0v) is 14.3. The summed E-state index contributed by atoms with van der Waals surface area (Å²) in [5.41, 5.74) is 2.25. The first-order valence-corrected chi connectivity index (χ1v) is 9.07. The maximum Gasteiger partial charge on any atom is 0.317 e. The summed E-state index contributed by atoms with van der Waals surface area (Å²) < 4.78 is 0. The molecule has 0 bridgehead atoms. The van der Waals surface area contributed by atoms with Crippen LogP contribution in [0.25, 0.3) is 10.9 Å². The molecule has 0 spiro atoms. The van der Waals surface area contributed by atoms with Crippen LogP contribution in [0.3, 0.4) is 0 Å². The average molecular weight is 326 g/mol. The molecular formula is C19H26N4O. The Balaban J connectivity index is 1.39. The molecular weight excluding hydrogens is 300 g/mol. The largest absolute Gasteiger partial charge is 0.361 e. The number of benzene rings is 1. The van der Waals surface area contributed by atoms with Crippen molar-refractivity contribution in [2.45, 2.75) is 44.8 Å². The third-order valence-corrected chi connectivity index (χ3v) is 5.69. The van der Waals surface area contributed by atoms with E-state index in [4.69, 9.17) is 0 Å². The number of aromatic nitrogens is 1. The molecule has 1 aromatic heterocycles. The van der Waals surface area contributed by atoms with Gasteiger partial charge in [-0.3, -0.25) is 4.90 Å². The van der Waals surface area contributed by atoms with Crippen molar-refractivity contribution in [2.24, 2.45) is 0 Å². The van der Waals surface area contributed by atoms with E-state index in [9.17, 15) is 4.79 Å². The molecule has 1 aromatic carbocycles. The maximum absolute atomic E-state index is 12.6. The molecule has 2 unspecified atom stereocenters. The Morgan fingerprint density at radius 1 is 1.25 bits per heavy atom. The Kier molecular flexibility index (Phi) is 4.19. The van der Waals surface area contributed by atoms with Crippen LogP contribution in [0.1, 0.15) is 31.7 Å². The van der Waals surface area contributed by atoms with Crippen LogP contribution in [0.2, 0.25) is 0 Å². The van der Waals surface area contributed by atoms with Crippen molar-refractivity contribution in [3.8, 4) is 0 Å². The van der Waals surface area contributed by atoms with Gasteiger partial charge in [0.05, 0.1) is 5.52 Å². The van der Waals surface area contributed by atoms with Gasteiger partial charge in [-0.1, -0.05) is 18.2 Å². The summed E-state index contributed by atoms with van der Waals surface area (Å²) in [5.74, 6) is 0. The third-order valence-electron chi connectivity index (χ3n) is 5.69. The fourth-order valence-corrected chi connectivity index (χ4v) is 4.34. The van der Waals surface area contributed by atoms with Crippen LogP contribution in [0.5, 0.6) is 0 Å². The molecule has 2 aromatic rings. The number of para-hydroxylation sites is 1. The lowest BCUT2D eigenvalue weighted by Crippen LogP contribution is -2.47. The lowest BCUT2D eigenvalue weighted by Gasteiger charge is -2.30. The zero-order valence-electron chi connectivity index (χ0n) is 14.3. The Labute approximate surface area is 143 Å². The summed E-state index contributed by atoms with van der Waals surface area (Å²) in [5, 5.41) is 4.30. The van der Waals surface area contributed by atoms with E-state index in [-0.39, 0.29) is 6.03 Å². The molecule has 2 aliphatic heterocycles. The lowest BCUT2D eigenvalue weighted by molar-refractivity contribution is 0.168. The number of hydrogen-bond acceptors (Lipinski definition) is 2. The molecule has 0 aliphatic carbocycles. The highest BCUT2D eigenvalue weighted by atomic mass is 16.2. The second kappa shape index (κ2) is 6.48. The molecule has 2 fully saturated rings. The van der Waals surface area contributed by atoms with Gasteiger partial charge in [0, 0.05) is 31.4 Å². The van der Waals surface area contributed by atoms with Crippen molar-refractivity contribution < 1.29 is 4.79 Å². The first kappa shape index (κ1) is 15.5. The fraction of sp³-hybridized carbons (Fsp3) is 0.526. The molecule has 5 heteroatoms. The van der Waals surface area contributed by atoms with Crippen LogP contribution >= 0.6 is 0 Å². The zero-order chi connectivity index (χ0) is 16.5. The summed E-state index contributed by atoms with van der Waals surface area (Å²) >= 11 is 0. The quantitative estimate of drug-likeness (QED) is 0.911. The molecule has 2 saturated heterocycles. The predicted molar refractivity (Wildman–Crippen MR) is 95.9 cm³/mol. The Morgan fingerprint density at radius 2 is 2.08 bits per heavy atom. The highest BCUT2D eigenvalue weighted by Gasteiger charge is 2.37. The van der Waals surface area contributed by atoms with E-state index in [2.05, 4.69) is 40.3 Å². The van der Waals surface area contributed by atoms with E-state index in [0.29, 0.717) is 18.6 Å². The molecule has 2 N–H and O–H groups in total. The third kappa shape index (κ3) is 2.77. The van der Waals surface area contributed by atoms with E-state index in [1.807, 2.05) is 17.2 Å². The minimum atomic E-state index is 0.0627. The summed E-state index contributed by atoms with van der Waals surface area (Å²) in [7, 11) is 0. The van der Waals surface area contributed by atoms with E-state index in [0.717, 1.165) is 24.0 Å². The summed E-state index contributed by atoms with van der Waals surface area (Å²) in [6.45, 7) is 6.01. The number of hydrogen-bond donors (Lipinski definition) is 2. The van der Waals surface area contributed by atoms with Crippen molar-refractivity contribution in [2.75, 3.05) is 19.6 Å². The van der Waals surface area contributed by atoms with Gasteiger partial charge in [0.1, 0.15) is 0 Å². The normalized spacial score (nSPS) is 24.8. The number of nitrogens with one attached hydrogen (secondary N) is 2. The van der Waals surface area contributed by atoms with Crippen LogP contribution in [0, 0.1) is 0 Å². The van der Waals surface area contributed by atoms with Crippen LogP contribution in [-0.4, -0.2) is 52.5 Å². The van der Waals surface area contributed by atoms with Crippen molar-refractivity contribution in [3.05, 3.63) is 36.0 Å². The van der Waals surface area contributed by atoms with Gasteiger partial charge in [-0.25, -0.2) is 4.79 Å². The van der Waals surface area contributed by atoms with Crippen LogP contribution in [0.4, 0.5) is 4.79 Å². The standard InChI is InChI=1S/C19H26N4O/c1-14-17(22-10-2-3-11-22)8-12-23(14)19(24)21-13-16-6-4-5-15-7-9-20-18(15)16/h4-7,9,14,17,20H,2-3,8,10-13H2,1H3,(H,21,24). The van der Waals surface area contributed by atoms with Crippen molar-refractivity contribution in [3.63, 3.8) is 0 Å². The lowest BCUT2D eigenvalue weighted by atomic mass is 10.1. The maximum atomic E-state index is 12.6. The number of likely N-dealkylation sites (tertiary alicyclic amines) is 2. The number of urea groups is 1. The van der Waals surface area contributed by atoms with Gasteiger partial charge in [0.2, 0.25) is 0 Å². The number of carbonyl (C=O) groups excluding carboxylic acids is 1. The molecule has 5 nitrogen and oxygen atoms in total. The van der Waals surface area contributed by atoms with Gasteiger partial charge in [0.15, 0.2) is 0 Å². The van der Waals surface area contributed by atoms with Crippen LogP contribution in [-0.2, 0) is 6.54 Å². The molecule has 128 valence electrons. The van der Waals surface area contributed by atoms with E-state index < -0.39 is 0 Å². The fourth-order valence-electron chi connectivity index (χ4n) is 4.34. The van der Waals surface area contributed by atoms with Crippen LogP contribution in [0.15, 0.2) is 30.5 Å². The van der Waals surface area contributed by atoms with Gasteiger partial charge in [-0.05, 0) is 56.3 Å². The predicted octanol–water partition coefficient (Wildman–Crippen LogP) is 2.94. The number of nitrogens with zero attached hydrogens (tertiary/aromatic N) is 2. The second-order valence-corrected chi connectivity index (χ2v) is 7.05. The van der Waals surface area contributed by atoms with Gasteiger partial charge in [-0.15, -0.1) is 0 Å². The summed E-state index contributed by atoms with van der Waals surface area (Å²) in [4.78, 5) is 20.5. The van der Waals surface area contributed by atoms with Gasteiger partial charge >= 0.3 is 6.03 Å². The van der Waals surface area contributed by atoms with Gasteiger partial charge < -0.3 is 15.2 Å². The van der Waals surface area contributed by atoms with E-state index in [1.165, 1.54) is 31.3 Å². The Morgan fingerprint density at radius 3 is 2.92 bits per heavy atom. The minimum absolute atomic E-state index is 0.0627. The summed E-state index contributed by atoms with van der Waals surface area (Å²) in [6, 6.07) is 9.14. The molecule has 4 rings (SSSR count). The number of amides is 2. The SMILES string of the molecule is CC1C(N2CCCC2)CCN1C(=O)NCc1cccc2cc[nH]c12. The Hall–Kier alpha value is -2.01. The highest BCUT2D eigenvalue weighted by molar-refractivity contribution is 5.83. The van der Waals surface area contributed by atoms with Gasteiger partial charge in [0.25, 0.3) is 0 Å². The first-order valence-electron chi connectivity index (χ1n) is 9.07. The number of rotatable bonds is 3. The molecule has 0 radical (unpaired) electrons. The van der Waals surface area contributed by atoms with Gasteiger partial charge in [-0.2, -0.15) is 0 Å². The number of H-pyrrole nitrogens is 1. The molecule has 2 amide bonds. The number of carbonyl (C=O) groups is 1. The van der Waals surface area contributed by atoms with Crippen LogP contribution < -0.4 is 5.32 Å². The topological polar surface area (TPSA) is 51.4 Å². The Bertz CT molecular complexity index is 719. The highest BCUT2D eigenvalue weighted by Crippen LogP contribution is 2.26. The number of fused-ring (bicyclic) bond motifs is 1. The van der Waals surface area contributed by atoms with E-state index >= 15 is 0 Å². The van der Waals surface area contributed by atoms with E-state index in [1.54, 1.807) is 0 Å². The monoisotopic (exact) mass is 326 g/mol. The molecule has 0 saturated carbocycles. The molecule has 24 heavy (non-hydrogen) atoms. The summed E-state index contributed by atoms with van der Waals surface area (Å²) in [6.07, 6.45) is 5.64. The average Bonchev–Trinajstić information content (AvgIpc) is 3.32. The smallest absolute Gasteiger partial charge is 0.317 e. The van der Waals surface area contributed by atoms with Crippen molar-refractivity contribution >= 4 is 16.9 Å². The molecule has 2 atom stereocenters. The van der Waals surface area contributed by atoms with Crippen molar-refractivity contribution in [1.82, 2.24) is 20.1 Å². The first-order chi connectivity index (χ1) is 11.7. The molecule has 2 aliphatic rings. The minimum Gasteiger partial charge on any atom is -0.361 e. The second-order valence-electron chi connectivity index (χ2n) is 7.05. The van der Waals surface area contributed by atoms with Crippen molar-refractivity contribution in [1.29, 1.82) is 0 Å². The molecule has 3 heterocycles.